The van der Waals surface area contributed by atoms with E-state index in [4.69, 9.17) is 4.74 Å². The molecule has 5 heteroatoms. The van der Waals surface area contributed by atoms with E-state index in [9.17, 15) is 18.3 Å². The van der Waals surface area contributed by atoms with Gasteiger partial charge in [0.15, 0.2) is 11.6 Å². The van der Waals surface area contributed by atoms with Crippen LogP contribution >= 0.6 is 0 Å². The summed E-state index contributed by atoms with van der Waals surface area (Å²) < 4.78 is 45.4. The second-order valence-corrected chi connectivity index (χ2v) is 4.49. The monoisotopic (exact) mass is 282 g/mol. The number of benzene rings is 2. The van der Waals surface area contributed by atoms with Crippen molar-refractivity contribution in [3.05, 3.63) is 58.9 Å². The number of hydrogen-bond donors (Lipinski definition) is 1. The standard InChI is InChI=1S/C15H13F3O2/c1-8-5-14(11(9(2)19)7-13(8)18)20-15-6-10(16)3-4-12(15)17/h3-7,9,19H,1-2H3/t9-/m1/s1. The normalized spacial score (nSPS) is 12.3. The molecule has 0 aliphatic heterocycles. The molecule has 20 heavy (non-hydrogen) atoms. The predicted molar refractivity (Wildman–Crippen MR) is 68.2 cm³/mol. The molecule has 0 unspecified atom stereocenters. The molecule has 0 spiro atoms. The Morgan fingerprint density at radius 1 is 1.00 bits per heavy atom. The van der Waals surface area contributed by atoms with Crippen molar-refractivity contribution in [2.45, 2.75) is 20.0 Å². The Hall–Kier alpha value is -2.01. The van der Waals surface area contributed by atoms with Crippen LogP contribution in [0.15, 0.2) is 30.3 Å². The molecule has 0 saturated carbocycles. The summed E-state index contributed by atoms with van der Waals surface area (Å²) in [5.74, 6) is -2.14. The summed E-state index contributed by atoms with van der Waals surface area (Å²) in [7, 11) is 0. The summed E-state index contributed by atoms with van der Waals surface area (Å²) in [5.41, 5.74) is 0.443. The molecule has 0 bridgehead atoms. The lowest BCUT2D eigenvalue weighted by Crippen LogP contribution is -2.00. The SMILES string of the molecule is Cc1cc(Oc2cc(F)ccc2F)c([C@@H](C)O)cc1F. The van der Waals surface area contributed by atoms with Crippen molar-refractivity contribution in [3.63, 3.8) is 0 Å². The third-order valence-electron chi connectivity index (χ3n) is 2.85. The van der Waals surface area contributed by atoms with Gasteiger partial charge in [0.2, 0.25) is 0 Å². The number of aliphatic hydroxyl groups is 1. The highest BCUT2D eigenvalue weighted by Crippen LogP contribution is 2.33. The second-order valence-electron chi connectivity index (χ2n) is 4.49. The number of hydrogen-bond acceptors (Lipinski definition) is 2. The smallest absolute Gasteiger partial charge is 0.165 e. The average molecular weight is 282 g/mol. The Morgan fingerprint density at radius 2 is 1.70 bits per heavy atom. The Balaban J connectivity index is 2.47. The van der Waals surface area contributed by atoms with Gasteiger partial charge in [-0.1, -0.05) is 0 Å². The predicted octanol–water partition coefficient (Wildman–Crippen LogP) is 4.26. The number of halogens is 3. The van der Waals surface area contributed by atoms with Crippen LogP contribution in [0, 0.1) is 24.4 Å². The fourth-order valence-corrected chi connectivity index (χ4v) is 1.76. The molecule has 0 saturated heterocycles. The molecule has 0 aromatic heterocycles. The molecule has 0 heterocycles. The van der Waals surface area contributed by atoms with Crippen molar-refractivity contribution < 1.29 is 23.0 Å². The van der Waals surface area contributed by atoms with Crippen molar-refractivity contribution in [1.82, 2.24) is 0 Å². The summed E-state index contributed by atoms with van der Waals surface area (Å²) in [6.45, 7) is 2.94. The van der Waals surface area contributed by atoms with Gasteiger partial charge >= 0.3 is 0 Å². The van der Waals surface area contributed by atoms with Gasteiger partial charge in [0.05, 0.1) is 6.10 Å². The highest BCUT2D eigenvalue weighted by atomic mass is 19.1. The molecule has 2 rings (SSSR count). The lowest BCUT2D eigenvalue weighted by molar-refractivity contribution is 0.194. The lowest BCUT2D eigenvalue weighted by Gasteiger charge is -2.15. The number of rotatable bonds is 3. The summed E-state index contributed by atoms with van der Waals surface area (Å²) >= 11 is 0. The molecular formula is C15H13F3O2. The van der Waals surface area contributed by atoms with E-state index in [0.717, 1.165) is 24.3 Å². The van der Waals surface area contributed by atoms with Gasteiger partial charge in [-0.05, 0) is 43.7 Å². The van der Waals surface area contributed by atoms with Crippen molar-refractivity contribution in [1.29, 1.82) is 0 Å². The topological polar surface area (TPSA) is 29.5 Å². The minimum atomic E-state index is -1.00. The van der Waals surface area contributed by atoms with Crippen LogP contribution in [0.1, 0.15) is 24.2 Å². The maximum atomic E-state index is 13.5. The van der Waals surface area contributed by atoms with E-state index < -0.39 is 23.6 Å². The first-order valence-corrected chi connectivity index (χ1v) is 5.99. The van der Waals surface area contributed by atoms with Crippen LogP contribution in [0.2, 0.25) is 0 Å². The first-order valence-electron chi connectivity index (χ1n) is 5.99. The number of aliphatic hydroxyl groups excluding tert-OH is 1. The van der Waals surface area contributed by atoms with Gasteiger partial charge in [0, 0.05) is 11.6 Å². The van der Waals surface area contributed by atoms with Crippen LogP contribution in [0.4, 0.5) is 13.2 Å². The fraction of sp³-hybridized carbons (Fsp3) is 0.200. The first-order chi connectivity index (χ1) is 9.38. The highest BCUT2D eigenvalue weighted by Gasteiger charge is 2.15. The molecule has 0 fully saturated rings. The van der Waals surface area contributed by atoms with Gasteiger partial charge < -0.3 is 9.84 Å². The molecule has 1 N–H and O–H groups in total. The van der Waals surface area contributed by atoms with Gasteiger partial charge in [-0.15, -0.1) is 0 Å². The van der Waals surface area contributed by atoms with Crippen LogP contribution in [-0.2, 0) is 0 Å². The van der Waals surface area contributed by atoms with Gasteiger partial charge in [0.1, 0.15) is 17.4 Å². The molecule has 1 atom stereocenters. The molecule has 2 nitrogen and oxygen atoms in total. The van der Waals surface area contributed by atoms with E-state index >= 15 is 0 Å². The minimum absolute atomic E-state index is 0.0865. The van der Waals surface area contributed by atoms with Gasteiger partial charge in [-0.2, -0.15) is 0 Å². The van der Waals surface area contributed by atoms with Crippen LogP contribution in [-0.4, -0.2) is 5.11 Å². The Bertz CT molecular complexity index is 639. The molecule has 0 amide bonds. The molecule has 0 aliphatic carbocycles. The Kier molecular flexibility index (Phi) is 3.99. The van der Waals surface area contributed by atoms with Crippen molar-refractivity contribution in [2.24, 2.45) is 0 Å². The molecular weight excluding hydrogens is 269 g/mol. The maximum Gasteiger partial charge on any atom is 0.165 e. The van der Waals surface area contributed by atoms with Crippen molar-refractivity contribution >= 4 is 0 Å². The van der Waals surface area contributed by atoms with Crippen LogP contribution in [0.25, 0.3) is 0 Å². The zero-order valence-electron chi connectivity index (χ0n) is 11.0. The Morgan fingerprint density at radius 3 is 2.35 bits per heavy atom. The zero-order chi connectivity index (χ0) is 14.9. The van der Waals surface area contributed by atoms with Crippen molar-refractivity contribution in [3.8, 4) is 11.5 Å². The van der Waals surface area contributed by atoms with Crippen LogP contribution in [0.5, 0.6) is 11.5 Å². The van der Waals surface area contributed by atoms with E-state index in [1.807, 2.05) is 0 Å². The quantitative estimate of drug-likeness (QED) is 0.911. The van der Waals surface area contributed by atoms with Gasteiger partial charge in [-0.25, -0.2) is 13.2 Å². The third kappa shape index (κ3) is 2.93. The number of aryl methyl sites for hydroxylation is 1. The minimum Gasteiger partial charge on any atom is -0.454 e. The molecule has 106 valence electrons. The van der Waals surface area contributed by atoms with Crippen molar-refractivity contribution in [2.75, 3.05) is 0 Å². The second kappa shape index (κ2) is 5.54. The molecule has 0 aliphatic rings. The lowest BCUT2D eigenvalue weighted by atomic mass is 10.1. The maximum absolute atomic E-state index is 13.5. The number of ether oxygens (including phenoxy) is 1. The van der Waals surface area contributed by atoms with Gasteiger partial charge in [-0.3, -0.25) is 0 Å². The fourth-order valence-electron chi connectivity index (χ4n) is 1.76. The van der Waals surface area contributed by atoms with E-state index in [-0.39, 0.29) is 22.6 Å². The van der Waals surface area contributed by atoms with Gasteiger partial charge in [0.25, 0.3) is 0 Å². The molecule has 2 aromatic carbocycles. The van der Waals surface area contributed by atoms with E-state index in [1.54, 1.807) is 0 Å². The summed E-state index contributed by atoms with van der Waals surface area (Å²) in [4.78, 5) is 0. The van der Waals surface area contributed by atoms with E-state index in [2.05, 4.69) is 0 Å². The van der Waals surface area contributed by atoms with Crippen LogP contribution < -0.4 is 4.74 Å². The summed E-state index contributed by atoms with van der Waals surface area (Å²) in [5, 5.41) is 9.61. The van der Waals surface area contributed by atoms with E-state index in [1.165, 1.54) is 19.9 Å². The summed E-state index contributed by atoms with van der Waals surface area (Å²) in [6, 6.07) is 5.24. The third-order valence-corrected chi connectivity index (χ3v) is 2.85. The first kappa shape index (κ1) is 14.4. The largest absolute Gasteiger partial charge is 0.454 e. The zero-order valence-corrected chi connectivity index (χ0v) is 11.0. The highest BCUT2D eigenvalue weighted by molar-refractivity contribution is 5.42. The molecule has 0 radical (unpaired) electrons. The summed E-state index contributed by atoms with van der Waals surface area (Å²) in [6.07, 6.45) is -1.00. The van der Waals surface area contributed by atoms with E-state index in [0.29, 0.717) is 0 Å². The average Bonchev–Trinajstić information content (AvgIpc) is 2.37. The molecule has 2 aromatic rings. The Labute approximate surface area is 114 Å². The van der Waals surface area contributed by atoms with Crippen LogP contribution in [0.3, 0.4) is 0 Å².